The molecule has 0 saturated heterocycles. The molecule has 1 atom stereocenters. The number of allylic oxidation sites excluding steroid dienone is 1. The number of aromatic nitrogens is 4. The van der Waals surface area contributed by atoms with Crippen molar-refractivity contribution in [1.29, 1.82) is 0 Å². The zero-order valence-corrected chi connectivity index (χ0v) is 13.7. The number of fused-ring (bicyclic) bond motifs is 1. The lowest BCUT2D eigenvalue weighted by Crippen LogP contribution is -2.20. The summed E-state index contributed by atoms with van der Waals surface area (Å²) in [5.74, 6) is 1.22. The second-order valence-electron chi connectivity index (χ2n) is 5.68. The number of methoxy groups -OCH3 is 1. The average Bonchev–Trinajstić information content (AvgIpc) is 3.16. The molecule has 1 N–H and O–H groups in total. The van der Waals surface area contributed by atoms with Crippen LogP contribution >= 0.6 is 0 Å². The number of nitrogens with one attached hydrogen (secondary N) is 1. The van der Waals surface area contributed by atoms with E-state index in [1.807, 2.05) is 36.4 Å². The third-order valence-electron chi connectivity index (χ3n) is 4.15. The van der Waals surface area contributed by atoms with Gasteiger partial charge >= 0.3 is 0 Å². The fourth-order valence-corrected chi connectivity index (χ4v) is 2.85. The Morgan fingerprint density at radius 3 is 2.77 bits per heavy atom. The van der Waals surface area contributed by atoms with E-state index in [-0.39, 0.29) is 11.7 Å². The Morgan fingerprint density at radius 2 is 2.04 bits per heavy atom. The predicted molar refractivity (Wildman–Crippen MR) is 93.6 cm³/mol. The number of nitro groups is 1. The van der Waals surface area contributed by atoms with Crippen LogP contribution in [0, 0.1) is 10.1 Å². The molecule has 3 aromatic rings. The van der Waals surface area contributed by atoms with Crippen LogP contribution in [0.3, 0.4) is 0 Å². The molecule has 0 bridgehead atoms. The summed E-state index contributed by atoms with van der Waals surface area (Å²) in [6.07, 6.45) is 1.93. The molecule has 0 radical (unpaired) electrons. The van der Waals surface area contributed by atoms with Crippen LogP contribution < -0.4 is 10.1 Å². The molecule has 1 aliphatic heterocycles. The van der Waals surface area contributed by atoms with Crippen molar-refractivity contribution >= 4 is 17.3 Å². The number of benzene rings is 2. The first-order chi connectivity index (χ1) is 12.7. The quantitative estimate of drug-likeness (QED) is 0.569. The number of hydrogen-bond acceptors (Lipinski definition) is 7. The van der Waals surface area contributed by atoms with Crippen molar-refractivity contribution in [2.24, 2.45) is 0 Å². The largest absolute Gasteiger partial charge is 0.497 e. The van der Waals surface area contributed by atoms with Gasteiger partial charge in [-0.15, -0.1) is 0 Å². The van der Waals surface area contributed by atoms with Gasteiger partial charge in [0.25, 0.3) is 5.69 Å². The molecular weight excluding hydrogens is 336 g/mol. The molecule has 0 aliphatic carbocycles. The van der Waals surface area contributed by atoms with Crippen LogP contribution in [0.1, 0.15) is 17.2 Å². The Labute approximate surface area is 148 Å². The number of non-ortho nitro benzene ring substituents is 1. The lowest BCUT2D eigenvalue weighted by molar-refractivity contribution is -0.384. The van der Waals surface area contributed by atoms with E-state index in [9.17, 15) is 10.1 Å². The van der Waals surface area contributed by atoms with Gasteiger partial charge in [0.05, 0.1) is 12.0 Å². The van der Waals surface area contributed by atoms with Crippen molar-refractivity contribution in [3.63, 3.8) is 0 Å². The molecule has 130 valence electrons. The summed E-state index contributed by atoms with van der Waals surface area (Å²) in [7, 11) is 1.61. The lowest BCUT2D eigenvalue weighted by atomic mass is 10.0. The van der Waals surface area contributed by atoms with Gasteiger partial charge in [-0.05, 0) is 51.9 Å². The maximum atomic E-state index is 11.1. The highest BCUT2D eigenvalue weighted by Crippen LogP contribution is 2.33. The summed E-state index contributed by atoms with van der Waals surface area (Å²) in [4.78, 5) is 10.7. The van der Waals surface area contributed by atoms with E-state index in [2.05, 4.69) is 20.8 Å². The second-order valence-corrected chi connectivity index (χ2v) is 5.68. The van der Waals surface area contributed by atoms with Crippen molar-refractivity contribution in [2.45, 2.75) is 6.04 Å². The first-order valence-corrected chi connectivity index (χ1v) is 7.81. The molecule has 1 aromatic heterocycles. The van der Waals surface area contributed by atoms with Crippen LogP contribution in [0.25, 0.3) is 5.70 Å². The molecule has 4 rings (SSSR count). The van der Waals surface area contributed by atoms with E-state index in [1.165, 1.54) is 12.1 Å². The summed E-state index contributed by atoms with van der Waals surface area (Å²) in [5, 5.41) is 26.0. The van der Waals surface area contributed by atoms with Gasteiger partial charge in [-0.25, -0.2) is 0 Å². The van der Waals surface area contributed by atoms with Gasteiger partial charge < -0.3 is 10.1 Å². The van der Waals surface area contributed by atoms with Crippen molar-refractivity contribution < 1.29 is 9.66 Å². The molecule has 0 saturated carbocycles. The molecule has 1 aliphatic rings. The van der Waals surface area contributed by atoms with Crippen LogP contribution in [0.2, 0.25) is 0 Å². The number of anilines is 1. The van der Waals surface area contributed by atoms with E-state index in [1.54, 1.807) is 17.9 Å². The summed E-state index contributed by atoms with van der Waals surface area (Å²) in [6.45, 7) is 0. The molecule has 2 aromatic carbocycles. The van der Waals surface area contributed by atoms with Crippen molar-refractivity contribution in [2.75, 3.05) is 12.4 Å². The van der Waals surface area contributed by atoms with Crippen LogP contribution in [-0.2, 0) is 0 Å². The van der Waals surface area contributed by atoms with Crippen LogP contribution in [0.5, 0.6) is 5.75 Å². The lowest BCUT2D eigenvalue weighted by Gasteiger charge is -2.23. The fraction of sp³-hybridized carbons (Fsp3) is 0.118. The normalized spacial score (nSPS) is 15.6. The van der Waals surface area contributed by atoms with Gasteiger partial charge in [0.1, 0.15) is 11.8 Å². The van der Waals surface area contributed by atoms with Gasteiger partial charge in [-0.3, -0.25) is 10.1 Å². The molecule has 9 heteroatoms. The Morgan fingerprint density at radius 1 is 1.23 bits per heavy atom. The van der Waals surface area contributed by atoms with Crippen molar-refractivity contribution in [3.05, 3.63) is 75.8 Å². The van der Waals surface area contributed by atoms with E-state index in [4.69, 9.17) is 4.74 Å². The zero-order chi connectivity index (χ0) is 18.1. The number of nitro benzene ring substituents is 1. The maximum Gasteiger partial charge on any atom is 0.269 e. The molecular formula is C17H14N6O3. The average molecular weight is 350 g/mol. The maximum absolute atomic E-state index is 11.1. The van der Waals surface area contributed by atoms with E-state index >= 15 is 0 Å². The van der Waals surface area contributed by atoms with Gasteiger partial charge in [-0.1, -0.05) is 17.2 Å². The smallest absolute Gasteiger partial charge is 0.269 e. The van der Waals surface area contributed by atoms with Crippen molar-refractivity contribution in [1.82, 2.24) is 20.2 Å². The van der Waals surface area contributed by atoms with Crippen LogP contribution in [-0.4, -0.2) is 32.2 Å². The Hall–Kier alpha value is -3.75. The number of tetrazole rings is 1. The third kappa shape index (κ3) is 2.75. The highest BCUT2D eigenvalue weighted by molar-refractivity contribution is 5.77. The monoisotopic (exact) mass is 350 g/mol. The predicted octanol–water partition coefficient (Wildman–Crippen LogP) is 2.65. The standard InChI is InChI=1S/C17H14N6O3/c1-26-14-7-5-11(6-8-14)15-10-16(22-17(18-15)19-20-21-22)12-3-2-4-13(9-12)23(24)25/h2-10,16H,1H3,(H,18,19,21). The number of nitrogens with zero attached hydrogens (tertiary/aromatic N) is 5. The minimum atomic E-state index is -0.417. The Bertz CT molecular complexity index is 996. The van der Waals surface area contributed by atoms with Gasteiger partial charge in [-0.2, -0.15) is 4.68 Å². The molecule has 0 spiro atoms. The molecule has 2 heterocycles. The minimum Gasteiger partial charge on any atom is -0.497 e. The molecule has 0 amide bonds. The Balaban J connectivity index is 1.78. The highest BCUT2D eigenvalue weighted by Gasteiger charge is 2.25. The van der Waals surface area contributed by atoms with E-state index < -0.39 is 4.92 Å². The Kier molecular flexibility index (Phi) is 3.81. The second kappa shape index (κ2) is 6.28. The summed E-state index contributed by atoms with van der Waals surface area (Å²) in [6, 6.07) is 13.6. The van der Waals surface area contributed by atoms with Crippen molar-refractivity contribution in [3.8, 4) is 5.75 Å². The molecule has 26 heavy (non-hydrogen) atoms. The number of ether oxygens (including phenoxy) is 1. The summed E-state index contributed by atoms with van der Waals surface area (Å²) < 4.78 is 6.78. The molecule has 1 unspecified atom stereocenters. The fourth-order valence-electron chi connectivity index (χ4n) is 2.85. The first-order valence-electron chi connectivity index (χ1n) is 7.81. The summed E-state index contributed by atoms with van der Waals surface area (Å²) in [5.41, 5.74) is 2.48. The molecule has 0 fully saturated rings. The zero-order valence-electron chi connectivity index (χ0n) is 13.7. The number of hydrogen-bond donors (Lipinski definition) is 1. The van der Waals surface area contributed by atoms with Gasteiger partial charge in [0.15, 0.2) is 0 Å². The molecule has 9 nitrogen and oxygen atoms in total. The van der Waals surface area contributed by atoms with Crippen LogP contribution in [0.15, 0.2) is 54.6 Å². The minimum absolute atomic E-state index is 0.0232. The summed E-state index contributed by atoms with van der Waals surface area (Å²) >= 11 is 0. The number of rotatable bonds is 4. The highest BCUT2D eigenvalue weighted by atomic mass is 16.6. The van der Waals surface area contributed by atoms with Gasteiger partial charge in [0, 0.05) is 17.8 Å². The first kappa shape index (κ1) is 15.8. The van der Waals surface area contributed by atoms with Gasteiger partial charge in [0.2, 0.25) is 5.95 Å². The van der Waals surface area contributed by atoms with E-state index in [0.717, 1.165) is 22.6 Å². The topological polar surface area (TPSA) is 108 Å². The van der Waals surface area contributed by atoms with E-state index in [0.29, 0.717) is 5.95 Å². The SMILES string of the molecule is COc1ccc(C2=CC(c3cccc([N+](=O)[O-])c3)n3nnnc3N2)cc1. The van der Waals surface area contributed by atoms with Crippen LogP contribution in [0.4, 0.5) is 11.6 Å². The third-order valence-corrected chi connectivity index (χ3v) is 4.15.